The van der Waals surface area contributed by atoms with Gasteiger partial charge in [-0.2, -0.15) is 4.98 Å². The summed E-state index contributed by atoms with van der Waals surface area (Å²) in [4.78, 5) is 12.3. The lowest BCUT2D eigenvalue weighted by atomic mass is 9.98. The third kappa shape index (κ3) is 2.56. The van der Waals surface area contributed by atoms with E-state index in [1.54, 1.807) is 11.3 Å². The van der Waals surface area contributed by atoms with Crippen molar-refractivity contribution < 1.29 is 0 Å². The van der Waals surface area contributed by atoms with Crippen molar-refractivity contribution in [3.05, 3.63) is 16.7 Å². The van der Waals surface area contributed by atoms with Crippen molar-refractivity contribution in [2.75, 3.05) is 11.4 Å². The standard InChI is InChI=1S/C14H18ClN3S/c1-2-5-10-6-3-4-8-18(10)12-11-7-9-19-13(11)17-14(15)16-12/h7,9-10H,2-6,8H2,1H3. The van der Waals surface area contributed by atoms with Crippen LogP contribution in [0.2, 0.25) is 5.28 Å². The average Bonchev–Trinajstić information content (AvgIpc) is 2.87. The SMILES string of the molecule is CCCC1CCCCN1c1nc(Cl)nc2sccc12. The highest BCUT2D eigenvalue weighted by Crippen LogP contribution is 2.33. The summed E-state index contributed by atoms with van der Waals surface area (Å²) in [6.07, 6.45) is 6.28. The minimum absolute atomic E-state index is 0.366. The highest BCUT2D eigenvalue weighted by Gasteiger charge is 2.25. The molecule has 0 amide bonds. The van der Waals surface area contributed by atoms with Crippen molar-refractivity contribution in [1.82, 2.24) is 9.97 Å². The van der Waals surface area contributed by atoms with Gasteiger partial charge in [0.15, 0.2) is 0 Å². The van der Waals surface area contributed by atoms with Crippen molar-refractivity contribution >= 4 is 39.0 Å². The van der Waals surface area contributed by atoms with E-state index in [0.717, 1.165) is 22.6 Å². The van der Waals surface area contributed by atoms with E-state index in [9.17, 15) is 0 Å². The van der Waals surface area contributed by atoms with Gasteiger partial charge in [0.2, 0.25) is 5.28 Å². The van der Waals surface area contributed by atoms with E-state index >= 15 is 0 Å². The fraction of sp³-hybridized carbons (Fsp3) is 0.571. The molecule has 3 rings (SSSR count). The molecule has 0 spiro atoms. The fourth-order valence-electron chi connectivity index (χ4n) is 2.95. The Hall–Kier alpha value is -0.870. The number of rotatable bonds is 3. The maximum Gasteiger partial charge on any atom is 0.225 e. The molecule has 5 heteroatoms. The summed E-state index contributed by atoms with van der Waals surface area (Å²) >= 11 is 7.71. The summed E-state index contributed by atoms with van der Waals surface area (Å²) in [6, 6.07) is 2.72. The molecule has 0 bridgehead atoms. The molecule has 1 fully saturated rings. The van der Waals surface area contributed by atoms with Crippen LogP contribution in [0.25, 0.3) is 10.2 Å². The molecular formula is C14H18ClN3S. The molecule has 2 aromatic rings. The van der Waals surface area contributed by atoms with Gasteiger partial charge in [0.05, 0.1) is 5.39 Å². The summed E-state index contributed by atoms with van der Waals surface area (Å²) in [5.74, 6) is 1.04. The van der Waals surface area contributed by atoms with Crippen LogP contribution in [0.3, 0.4) is 0 Å². The van der Waals surface area contributed by atoms with E-state index in [0.29, 0.717) is 11.3 Å². The molecule has 0 saturated carbocycles. The van der Waals surface area contributed by atoms with Gasteiger partial charge >= 0.3 is 0 Å². The number of anilines is 1. The first-order chi connectivity index (χ1) is 9.29. The summed E-state index contributed by atoms with van der Waals surface area (Å²) in [5, 5.41) is 3.58. The molecule has 0 aliphatic carbocycles. The Morgan fingerprint density at radius 1 is 1.42 bits per heavy atom. The van der Waals surface area contributed by atoms with Gasteiger partial charge in [-0.05, 0) is 48.7 Å². The number of piperidine rings is 1. The summed E-state index contributed by atoms with van der Waals surface area (Å²) in [7, 11) is 0. The van der Waals surface area contributed by atoms with Crippen LogP contribution in [-0.4, -0.2) is 22.6 Å². The highest BCUT2D eigenvalue weighted by molar-refractivity contribution is 7.16. The molecule has 19 heavy (non-hydrogen) atoms. The Bertz CT molecular complexity index is 567. The second kappa shape index (κ2) is 5.63. The van der Waals surface area contributed by atoms with Crippen molar-refractivity contribution in [3.8, 4) is 0 Å². The molecule has 0 N–H and O–H groups in total. The molecular weight excluding hydrogens is 278 g/mol. The Kier molecular flexibility index (Phi) is 3.89. The van der Waals surface area contributed by atoms with Gasteiger partial charge in [0, 0.05) is 12.6 Å². The normalized spacial score (nSPS) is 20.1. The van der Waals surface area contributed by atoms with Crippen LogP contribution in [0.4, 0.5) is 5.82 Å². The van der Waals surface area contributed by atoms with Crippen molar-refractivity contribution in [2.24, 2.45) is 0 Å². The lowest BCUT2D eigenvalue weighted by Crippen LogP contribution is -2.40. The van der Waals surface area contributed by atoms with Crippen molar-refractivity contribution in [2.45, 2.75) is 45.1 Å². The van der Waals surface area contributed by atoms with Crippen LogP contribution >= 0.6 is 22.9 Å². The van der Waals surface area contributed by atoms with Gasteiger partial charge in [-0.25, -0.2) is 4.98 Å². The Morgan fingerprint density at radius 3 is 3.16 bits per heavy atom. The molecule has 3 nitrogen and oxygen atoms in total. The average molecular weight is 296 g/mol. The molecule has 1 aliphatic heterocycles. The largest absolute Gasteiger partial charge is 0.353 e. The summed E-state index contributed by atoms with van der Waals surface area (Å²) in [5.41, 5.74) is 0. The lowest BCUT2D eigenvalue weighted by Gasteiger charge is -2.37. The van der Waals surface area contributed by atoms with Gasteiger partial charge in [-0.3, -0.25) is 0 Å². The molecule has 102 valence electrons. The second-order valence-corrected chi connectivity index (χ2v) is 6.32. The Morgan fingerprint density at radius 2 is 2.32 bits per heavy atom. The van der Waals surface area contributed by atoms with E-state index < -0.39 is 0 Å². The predicted molar refractivity (Wildman–Crippen MR) is 82.3 cm³/mol. The van der Waals surface area contributed by atoms with E-state index in [1.807, 2.05) is 0 Å². The van der Waals surface area contributed by atoms with Gasteiger partial charge in [0.1, 0.15) is 10.6 Å². The van der Waals surface area contributed by atoms with Crippen molar-refractivity contribution in [1.29, 1.82) is 0 Å². The van der Waals surface area contributed by atoms with Gasteiger partial charge in [-0.1, -0.05) is 13.3 Å². The maximum absolute atomic E-state index is 6.08. The number of hydrogen-bond acceptors (Lipinski definition) is 4. The number of halogens is 1. The van der Waals surface area contributed by atoms with Crippen LogP contribution in [-0.2, 0) is 0 Å². The minimum atomic E-state index is 0.366. The molecule has 1 saturated heterocycles. The Balaban J connectivity index is 2.03. The smallest absolute Gasteiger partial charge is 0.225 e. The van der Waals surface area contributed by atoms with E-state index in [-0.39, 0.29) is 0 Å². The molecule has 0 radical (unpaired) electrons. The first-order valence-corrected chi connectivity index (χ1v) is 8.22. The van der Waals surface area contributed by atoms with Gasteiger partial charge in [-0.15, -0.1) is 11.3 Å². The number of fused-ring (bicyclic) bond motifs is 1. The van der Waals surface area contributed by atoms with Crippen LogP contribution < -0.4 is 4.90 Å². The number of thiophene rings is 1. The van der Waals surface area contributed by atoms with Gasteiger partial charge in [0.25, 0.3) is 0 Å². The zero-order chi connectivity index (χ0) is 13.2. The summed E-state index contributed by atoms with van der Waals surface area (Å²) < 4.78 is 0. The molecule has 1 aliphatic rings. The molecule has 2 aromatic heterocycles. The molecule has 3 heterocycles. The number of aromatic nitrogens is 2. The van der Waals surface area contributed by atoms with Gasteiger partial charge < -0.3 is 4.90 Å². The van der Waals surface area contributed by atoms with Crippen LogP contribution in [0, 0.1) is 0 Å². The molecule has 1 unspecified atom stereocenters. The fourth-order valence-corrected chi connectivity index (χ4v) is 3.92. The quantitative estimate of drug-likeness (QED) is 0.781. The number of nitrogens with zero attached hydrogens (tertiary/aromatic N) is 3. The Labute approximate surface area is 122 Å². The maximum atomic E-state index is 6.08. The van der Waals surface area contributed by atoms with Crippen LogP contribution in [0.5, 0.6) is 0 Å². The topological polar surface area (TPSA) is 29.0 Å². The highest BCUT2D eigenvalue weighted by atomic mass is 35.5. The van der Waals surface area contributed by atoms with Crippen molar-refractivity contribution in [3.63, 3.8) is 0 Å². The summed E-state index contributed by atoms with van der Waals surface area (Å²) in [6.45, 7) is 3.34. The third-order valence-corrected chi connectivity index (χ3v) is 4.77. The minimum Gasteiger partial charge on any atom is -0.353 e. The zero-order valence-electron chi connectivity index (χ0n) is 11.1. The lowest BCUT2D eigenvalue weighted by molar-refractivity contribution is 0.433. The van der Waals surface area contributed by atoms with Crippen LogP contribution in [0.15, 0.2) is 11.4 Å². The van der Waals surface area contributed by atoms with E-state index in [2.05, 4.69) is 33.2 Å². The third-order valence-electron chi connectivity index (χ3n) is 3.80. The number of hydrogen-bond donors (Lipinski definition) is 0. The second-order valence-electron chi connectivity index (χ2n) is 5.09. The zero-order valence-corrected chi connectivity index (χ0v) is 12.7. The van der Waals surface area contributed by atoms with E-state index in [1.165, 1.54) is 32.1 Å². The predicted octanol–water partition coefficient (Wildman–Crippen LogP) is 4.50. The first-order valence-electron chi connectivity index (χ1n) is 6.97. The molecule has 1 atom stereocenters. The van der Waals surface area contributed by atoms with E-state index in [4.69, 9.17) is 11.6 Å². The molecule has 0 aromatic carbocycles. The van der Waals surface area contributed by atoms with Crippen LogP contribution in [0.1, 0.15) is 39.0 Å². The monoisotopic (exact) mass is 295 g/mol. The first kappa shape index (κ1) is 13.1.